The number of thioether (sulfide) groups is 2. The summed E-state index contributed by atoms with van der Waals surface area (Å²) in [5.74, 6) is 1.04. The molecule has 1 aliphatic carbocycles. The van der Waals surface area contributed by atoms with Gasteiger partial charge in [0, 0.05) is 47.3 Å². The molecule has 6 heteroatoms. The van der Waals surface area contributed by atoms with Crippen molar-refractivity contribution in [1.29, 1.82) is 0 Å². The lowest BCUT2D eigenvalue weighted by Gasteiger charge is -2.31. The Bertz CT molecular complexity index is 740. The summed E-state index contributed by atoms with van der Waals surface area (Å²) < 4.78 is 0. The van der Waals surface area contributed by atoms with Gasteiger partial charge in [0.05, 0.1) is 5.75 Å². The molecule has 2 atom stereocenters. The van der Waals surface area contributed by atoms with Gasteiger partial charge in [-0.05, 0) is 49.2 Å². The molecule has 0 bridgehead atoms. The average molecular weight is 417 g/mol. The van der Waals surface area contributed by atoms with E-state index < -0.39 is 0 Å². The van der Waals surface area contributed by atoms with E-state index in [0.717, 1.165) is 12.1 Å². The smallest absolute Gasteiger partial charge is 0.232 e. The van der Waals surface area contributed by atoms with Crippen molar-refractivity contribution in [2.24, 2.45) is 0 Å². The summed E-state index contributed by atoms with van der Waals surface area (Å²) >= 11 is 3.69. The number of likely N-dealkylation sites (N-methyl/N-ethyl adjacent to an activating group) is 1. The van der Waals surface area contributed by atoms with Gasteiger partial charge >= 0.3 is 0 Å². The quantitative estimate of drug-likeness (QED) is 0.680. The molecule has 0 unspecified atom stereocenters. The van der Waals surface area contributed by atoms with E-state index in [1.807, 2.05) is 65.8 Å². The molecule has 0 aliphatic heterocycles. The van der Waals surface area contributed by atoms with Gasteiger partial charge in [-0.1, -0.05) is 18.9 Å². The van der Waals surface area contributed by atoms with E-state index in [4.69, 9.17) is 0 Å². The number of carbonyl (C=O) groups excluding carboxylic acids is 1. The third-order valence-electron chi connectivity index (χ3n) is 5.04. The molecule has 0 saturated heterocycles. The van der Waals surface area contributed by atoms with E-state index in [-0.39, 0.29) is 5.91 Å². The number of phenols is 1. The van der Waals surface area contributed by atoms with Crippen LogP contribution in [0.15, 0.2) is 53.6 Å². The molecule has 150 valence electrons. The topological polar surface area (TPSA) is 53.4 Å². The number of aromatic hydroxyl groups is 1. The summed E-state index contributed by atoms with van der Waals surface area (Å²) in [5, 5.41) is 10.5. The molecule has 1 amide bonds. The number of nitrogens with zero attached hydrogens (tertiary/aromatic N) is 2. The highest BCUT2D eigenvalue weighted by Gasteiger charge is 2.27. The fourth-order valence-corrected chi connectivity index (χ4v) is 6.21. The van der Waals surface area contributed by atoms with Crippen LogP contribution in [0.25, 0.3) is 0 Å². The zero-order valence-corrected chi connectivity index (χ0v) is 17.9. The number of rotatable bonds is 8. The molecule has 1 aromatic heterocycles. The monoisotopic (exact) mass is 416 g/mol. The summed E-state index contributed by atoms with van der Waals surface area (Å²) in [7, 11) is 1.88. The lowest BCUT2D eigenvalue weighted by atomic mass is 10.00. The van der Waals surface area contributed by atoms with Crippen LogP contribution >= 0.6 is 23.5 Å². The highest BCUT2D eigenvalue weighted by molar-refractivity contribution is 8.04. The van der Waals surface area contributed by atoms with Crippen molar-refractivity contribution in [2.75, 3.05) is 19.3 Å². The van der Waals surface area contributed by atoms with Crippen LogP contribution in [-0.2, 0) is 11.2 Å². The van der Waals surface area contributed by atoms with E-state index in [1.54, 1.807) is 18.3 Å². The van der Waals surface area contributed by atoms with E-state index in [1.165, 1.54) is 30.6 Å². The Morgan fingerprint density at radius 2 is 1.89 bits per heavy atom. The van der Waals surface area contributed by atoms with Crippen LogP contribution < -0.4 is 0 Å². The van der Waals surface area contributed by atoms with E-state index >= 15 is 0 Å². The Morgan fingerprint density at radius 3 is 2.61 bits per heavy atom. The predicted molar refractivity (Wildman–Crippen MR) is 118 cm³/mol. The lowest BCUT2D eigenvalue weighted by Crippen LogP contribution is -2.32. The Morgan fingerprint density at radius 1 is 1.14 bits per heavy atom. The van der Waals surface area contributed by atoms with Gasteiger partial charge in [-0.2, -0.15) is 0 Å². The van der Waals surface area contributed by atoms with E-state index in [9.17, 15) is 9.90 Å². The zero-order valence-electron chi connectivity index (χ0n) is 16.3. The number of hydrogen-bond donors (Lipinski definition) is 1. The Balaban J connectivity index is 1.46. The molecule has 1 fully saturated rings. The number of aromatic nitrogens is 1. The maximum Gasteiger partial charge on any atom is 0.232 e. The van der Waals surface area contributed by atoms with Crippen LogP contribution in [0, 0.1) is 0 Å². The Kier molecular flexibility index (Phi) is 8.10. The van der Waals surface area contributed by atoms with Crippen molar-refractivity contribution in [2.45, 2.75) is 47.5 Å². The van der Waals surface area contributed by atoms with Crippen LogP contribution in [0.4, 0.5) is 0 Å². The molecule has 2 aromatic rings. The maximum atomic E-state index is 12.6. The summed E-state index contributed by atoms with van der Waals surface area (Å²) in [4.78, 5) is 19.9. The standard InChI is InChI=1S/C22H28N2O2S2/c1-24(15-13-17-6-4-5-14-23-17)22(26)16-27-20-7-2-3-8-21(20)28-19-11-9-18(25)10-12-19/h4-6,9-12,14,20-21,25H,2-3,7-8,13,15-16H2,1H3/t20-,21-/m1/s1. The first-order valence-corrected chi connectivity index (χ1v) is 11.8. The fourth-order valence-electron chi connectivity index (χ4n) is 3.33. The van der Waals surface area contributed by atoms with E-state index in [0.29, 0.717) is 28.5 Å². The third kappa shape index (κ3) is 6.45. The maximum absolute atomic E-state index is 12.6. The number of amides is 1. The molecule has 1 heterocycles. The third-order valence-corrected chi connectivity index (χ3v) is 8.03. The molecule has 1 N–H and O–H groups in total. The van der Waals surface area contributed by atoms with Crippen molar-refractivity contribution in [3.05, 3.63) is 54.4 Å². The van der Waals surface area contributed by atoms with Crippen molar-refractivity contribution < 1.29 is 9.90 Å². The van der Waals surface area contributed by atoms with Gasteiger partial charge < -0.3 is 10.0 Å². The second kappa shape index (κ2) is 10.8. The van der Waals surface area contributed by atoms with Crippen LogP contribution in [0.1, 0.15) is 31.4 Å². The lowest BCUT2D eigenvalue weighted by molar-refractivity contribution is -0.127. The number of benzene rings is 1. The molecule has 28 heavy (non-hydrogen) atoms. The van der Waals surface area contributed by atoms with Crippen molar-refractivity contribution in [1.82, 2.24) is 9.88 Å². The summed E-state index contributed by atoms with van der Waals surface area (Å²) in [5.41, 5.74) is 1.02. The van der Waals surface area contributed by atoms with Crippen molar-refractivity contribution in [3.8, 4) is 5.75 Å². The van der Waals surface area contributed by atoms with Crippen molar-refractivity contribution in [3.63, 3.8) is 0 Å². The average Bonchev–Trinajstić information content (AvgIpc) is 2.73. The van der Waals surface area contributed by atoms with Gasteiger partial charge in [0.2, 0.25) is 5.91 Å². The second-order valence-corrected chi connectivity index (χ2v) is 9.71. The summed E-state index contributed by atoms with van der Waals surface area (Å²) in [6.45, 7) is 0.701. The molecule has 0 radical (unpaired) electrons. The Labute approximate surface area is 176 Å². The van der Waals surface area contributed by atoms with Gasteiger partial charge in [-0.3, -0.25) is 9.78 Å². The second-order valence-electron chi connectivity index (χ2n) is 7.17. The molecular formula is C22H28N2O2S2. The first-order chi connectivity index (χ1) is 13.6. The predicted octanol–water partition coefficient (Wildman–Crippen LogP) is 4.62. The molecule has 1 aromatic carbocycles. The number of hydrogen-bond acceptors (Lipinski definition) is 5. The summed E-state index contributed by atoms with van der Waals surface area (Å²) in [6.07, 6.45) is 7.44. The van der Waals surface area contributed by atoms with Gasteiger partial charge in [-0.25, -0.2) is 0 Å². The van der Waals surface area contributed by atoms with Gasteiger partial charge in [-0.15, -0.1) is 23.5 Å². The van der Waals surface area contributed by atoms with Gasteiger partial charge in [0.25, 0.3) is 0 Å². The van der Waals surface area contributed by atoms with Gasteiger partial charge in [0.1, 0.15) is 5.75 Å². The fraction of sp³-hybridized carbons (Fsp3) is 0.455. The minimum Gasteiger partial charge on any atom is -0.508 e. The SMILES string of the molecule is CN(CCc1ccccn1)C(=O)CS[C@@H]1CCCC[C@H]1Sc1ccc(O)cc1. The molecule has 0 spiro atoms. The number of phenolic OH excluding ortho intramolecular Hbond substituents is 1. The highest BCUT2D eigenvalue weighted by atomic mass is 32.2. The van der Waals surface area contributed by atoms with Crippen LogP contribution in [0.5, 0.6) is 5.75 Å². The minimum atomic E-state index is 0.194. The van der Waals surface area contributed by atoms with Crippen LogP contribution in [0.2, 0.25) is 0 Å². The minimum absolute atomic E-state index is 0.194. The van der Waals surface area contributed by atoms with Crippen LogP contribution in [0.3, 0.4) is 0 Å². The molecule has 1 saturated carbocycles. The van der Waals surface area contributed by atoms with Gasteiger partial charge in [0.15, 0.2) is 0 Å². The van der Waals surface area contributed by atoms with Crippen molar-refractivity contribution >= 4 is 29.4 Å². The summed E-state index contributed by atoms with van der Waals surface area (Å²) in [6, 6.07) is 13.3. The zero-order chi connectivity index (χ0) is 19.8. The number of carbonyl (C=O) groups is 1. The first kappa shape index (κ1) is 21.1. The molecule has 4 nitrogen and oxygen atoms in total. The van der Waals surface area contributed by atoms with E-state index in [2.05, 4.69) is 4.98 Å². The molecular weight excluding hydrogens is 388 g/mol. The molecule has 1 aliphatic rings. The van der Waals surface area contributed by atoms with Crippen LogP contribution in [-0.4, -0.2) is 50.7 Å². The largest absolute Gasteiger partial charge is 0.508 e. The number of pyridine rings is 1. The highest BCUT2D eigenvalue weighted by Crippen LogP contribution is 2.39. The normalized spacial score (nSPS) is 19.3. The first-order valence-electron chi connectivity index (χ1n) is 9.83. The molecule has 3 rings (SSSR count). The Hall–Kier alpha value is -1.66.